The highest BCUT2D eigenvalue weighted by Gasteiger charge is 2.28. The van der Waals surface area contributed by atoms with Crippen molar-refractivity contribution in [3.63, 3.8) is 0 Å². The van der Waals surface area contributed by atoms with Gasteiger partial charge in [-0.15, -0.1) is 0 Å². The first kappa shape index (κ1) is 36.3. The van der Waals surface area contributed by atoms with Crippen LogP contribution in [0.25, 0.3) is 0 Å². The molecule has 2 rings (SSSR count). The van der Waals surface area contributed by atoms with Gasteiger partial charge in [-0.3, -0.25) is 43.6 Å². The van der Waals surface area contributed by atoms with Gasteiger partial charge in [0.2, 0.25) is 5.91 Å². The predicted octanol–water partition coefficient (Wildman–Crippen LogP) is -1.33. The number of thiocarbonyl (C=S) groups is 1. The van der Waals surface area contributed by atoms with Crippen molar-refractivity contribution < 1.29 is 44.4 Å². The summed E-state index contributed by atoms with van der Waals surface area (Å²) >= 11 is 4.80. The molecule has 0 saturated carbocycles. The summed E-state index contributed by atoms with van der Waals surface area (Å²) in [5.41, 5.74) is 6.96. The van der Waals surface area contributed by atoms with Crippen LogP contribution in [-0.4, -0.2) is 153 Å². The van der Waals surface area contributed by atoms with Crippen LogP contribution in [0.15, 0.2) is 24.3 Å². The first-order chi connectivity index (χ1) is 20.8. The molecule has 1 fully saturated rings. The first-order valence-electron chi connectivity index (χ1n) is 14.0. The van der Waals surface area contributed by atoms with E-state index >= 15 is 0 Å². The van der Waals surface area contributed by atoms with Crippen LogP contribution in [0.2, 0.25) is 0 Å². The van der Waals surface area contributed by atoms with E-state index in [-0.39, 0.29) is 102 Å². The maximum atomic E-state index is 12.6. The zero-order valence-electron chi connectivity index (χ0n) is 24.4. The lowest BCUT2D eigenvalue weighted by Crippen LogP contribution is -2.52. The van der Waals surface area contributed by atoms with Crippen LogP contribution < -0.4 is 16.4 Å². The number of carbonyl (C=O) groups excluding carboxylic acids is 1. The zero-order valence-corrected chi connectivity index (χ0v) is 25.2. The monoisotopic (exact) mass is 639 g/mol. The number of hydrogen-bond acceptors (Lipinski definition) is 10. The average molecular weight is 640 g/mol. The molecule has 1 amide bonds. The molecule has 16 nitrogen and oxygen atoms in total. The zero-order chi connectivity index (χ0) is 32.6. The largest absolute Gasteiger partial charge is 0.480 e. The van der Waals surface area contributed by atoms with Gasteiger partial charge in [0.05, 0.1) is 19.6 Å². The minimum absolute atomic E-state index is 0.0256. The molecule has 44 heavy (non-hydrogen) atoms. The summed E-state index contributed by atoms with van der Waals surface area (Å²) < 4.78 is 0. The van der Waals surface area contributed by atoms with Gasteiger partial charge in [-0.25, -0.2) is 0 Å². The number of benzene rings is 1. The van der Waals surface area contributed by atoms with E-state index in [1.165, 1.54) is 0 Å². The molecule has 1 saturated heterocycles. The normalized spacial score (nSPS) is 17.0. The Kier molecular flexibility index (Phi) is 15.4. The average Bonchev–Trinajstić information content (AvgIpc) is 2.92. The second-order valence-electron chi connectivity index (χ2n) is 10.4. The van der Waals surface area contributed by atoms with Crippen molar-refractivity contribution >= 4 is 52.8 Å². The van der Waals surface area contributed by atoms with Gasteiger partial charge in [0.1, 0.15) is 6.04 Å². The van der Waals surface area contributed by atoms with Crippen LogP contribution in [0.4, 0.5) is 5.69 Å². The number of anilines is 1. The van der Waals surface area contributed by atoms with E-state index in [0.29, 0.717) is 5.69 Å². The van der Waals surface area contributed by atoms with Gasteiger partial charge in [-0.1, -0.05) is 12.1 Å². The highest BCUT2D eigenvalue weighted by Crippen LogP contribution is 2.12. The number of aliphatic carboxylic acids is 4. The van der Waals surface area contributed by atoms with Gasteiger partial charge >= 0.3 is 23.9 Å². The third kappa shape index (κ3) is 14.5. The van der Waals surface area contributed by atoms with E-state index in [1.807, 2.05) is 0 Å². The number of nitrogens with two attached hydrogens (primary N) is 1. The summed E-state index contributed by atoms with van der Waals surface area (Å²) in [5.74, 6) is -4.74. The lowest BCUT2D eigenvalue weighted by molar-refractivity contribution is -0.145. The van der Waals surface area contributed by atoms with Crippen LogP contribution in [0.5, 0.6) is 0 Å². The summed E-state index contributed by atoms with van der Waals surface area (Å²) in [7, 11) is 0. The van der Waals surface area contributed by atoms with Gasteiger partial charge < -0.3 is 36.8 Å². The lowest BCUT2D eigenvalue weighted by atomic mass is 10.1. The fourth-order valence-electron chi connectivity index (χ4n) is 4.78. The van der Waals surface area contributed by atoms with E-state index < -0.39 is 29.9 Å². The number of amides is 1. The predicted molar refractivity (Wildman–Crippen MR) is 163 cm³/mol. The highest BCUT2D eigenvalue weighted by molar-refractivity contribution is 7.80. The highest BCUT2D eigenvalue weighted by atomic mass is 32.1. The van der Waals surface area contributed by atoms with Crippen molar-refractivity contribution in [3.8, 4) is 0 Å². The number of hydrogen-bond donors (Lipinski definition) is 7. The van der Waals surface area contributed by atoms with Gasteiger partial charge in [-0.05, 0) is 36.3 Å². The maximum Gasteiger partial charge on any atom is 0.320 e. The Labute approximate surface area is 260 Å². The molecule has 1 aromatic carbocycles. The van der Waals surface area contributed by atoms with E-state index in [9.17, 15) is 44.4 Å². The summed E-state index contributed by atoms with van der Waals surface area (Å²) in [4.78, 5) is 65.8. The first-order valence-corrected chi connectivity index (χ1v) is 14.4. The molecule has 1 atom stereocenters. The molecule has 1 heterocycles. The van der Waals surface area contributed by atoms with Crippen LogP contribution in [0.1, 0.15) is 18.4 Å². The number of rotatable bonds is 14. The lowest BCUT2D eigenvalue weighted by Gasteiger charge is -2.35. The molecule has 0 aliphatic carbocycles. The number of carboxylic acid groups (broad SMARTS) is 4. The van der Waals surface area contributed by atoms with Crippen LogP contribution in [0.3, 0.4) is 0 Å². The Morgan fingerprint density at radius 1 is 0.750 bits per heavy atom. The number of carboxylic acids is 4. The van der Waals surface area contributed by atoms with Crippen molar-refractivity contribution in [2.24, 2.45) is 5.73 Å². The van der Waals surface area contributed by atoms with Crippen LogP contribution in [-0.2, 0) is 30.5 Å². The van der Waals surface area contributed by atoms with E-state index in [1.54, 1.807) is 43.9 Å². The minimum Gasteiger partial charge on any atom is -0.480 e. The van der Waals surface area contributed by atoms with Crippen LogP contribution >= 0.6 is 12.2 Å². The third-order valence-corrected chi connectivity index (χ3v) is 7.13. The summed E-state index contributed by atoms with van der Waals surface area (Å²) in [6, 6.07) is 5.98. The topological polar surface area (TPSA) is 229 Å². The van der Waals surface area contributed by atoms with E-state index in [2.05, 4.69) is 10.6 Å². The molecule has 0 aromatic heterocycles. The van der Waals surface area contributed by atoms with Gasteiger partial charge in [0, 0.05) is 71.0 Å². The Balaban J connectivity index is 2.11. The number of nitrogens with one attached hydrogen (secondary N) is 2. The van der Waals surface area contributed by atoms with Crippen molar-refractivity contribution in [2.75, 3.05) is 77.3 Å². The van der Waals surface area contributed by atoms with Gasteiger partial charge in [0.15, 0.2) is 5.11 Å². The van der Waals surface area contributed by atoms with Crippen LogP contribution in [0, 0.1) is 0 Å². The Bertz CT molecular complexity index is 1120. The minimum atomic E-state index is -1.16. The molecular formula is C27H41N7O9S. The smallest absolute Gasteiger partial charge is 0.320 e. The van der Waals surface area contributed by atoms with Gasteiger partial charge in [0.25, 0.3) is 0 Å². The quantitative estimate of drug-likeness (QED) is 0.117. The molecule has 1 unspecified atom stereocenters. The molecule has 0 spiro atoms. The fraction of sp³-hybridized carbons (Fsp3) is 0.556. The molecule has 244 valence electrons. The van der Waals surface area contributed by atoms with Gasteiger partial charge in [-0.2, -0.15) is 0 Å². The molecule has 1 aromatic rings. The molecule has 1 aliphatic rings. The molecule has 8 N–H and O–H groups in total. The Morgan fingerprint density at radius 2 is 1.18 bits per heavy atom. The number of nitrogens with zero attached hydrogens (tertiary/aromatic N) is 4. The van der Waals surface area contributed by atoms with Crippen molar-refractivity contribution in [3.05, 3.63) is 29.8 Å². The van der Waals surface area contributed by atoms with E-state index in [0.717, 1.165) is 5.56 Å². The van der Waals surface area contributed by atoms with Crippen molar-refractivity contribution in [1.82, 2.24) is 24.9 Å². The summed E-state index contributed by atoms with van der Waals surface area (Å²) in [6.45, 7) is 0.770. The summed E-state index contributed by atoms with van der Waals surface area (Å²) in [6.07, 6.45) is -0.113. The molecular weight excluding hydrogens is 598 g/mol. The van der Waals surface area contributed by atoms with Crippen molar-refractivity contribution in [2.45, 2.75) is 25.4 Å². The molecule has 0 radical (unpaired) electrons. The SMILES string of the molecule is NC(=S)Nc1ccc(CNC(=O)CCC(C(=O)O)N2CCN(CC(=O)O)CCN(CC(=O)O)CCN(CC(=O)O)CC2)cc1. The molecule has 17 heteroatoms. The molecule has 0 bridgehead atoms. The molecule has 1 aliphatic heterocycles. The van der Waals surface area contributed by atoms with Crippen molar-refractivity contribution in [1.29, 1.82) is 0 Å². The second kappa shape index (κ2) is 18.7. The fourth-order valence-corrected chi connectivity index (χ4v) is 4.90. The Hall–Kier alpha value is -3.90. The summed E-state index contributed by atoms with van der Waals surface area (Å²) in [5, 5.41) is 43.9. The maximum absolute atomic E-state index is 12.6. The van der Waals surface area contributed by atoms with E-state index in [4.69, 9.17) is 18.0 Å². The standard InChI is InChI=1S/C27H41N7O9S/c28-27(44)30-20-3-1-19(2-4-20)15-29-22(35)6-5-21(26(42)43)34-13-11-32(17-24(38)39)9-7-31(16-23(36)37)8-10-33(12-14-34)18-25(40)41/h1-4,21H,5-18H2,(H,29,35)(H,36,37)(H,38,39)(H,40,41)(H,42,43)(H3,28,30,44). The number of carbonyl (C=O) groups is 5. The third-order valence-electron chi connectivity index (χ3n) is 7.03. The Morgan fingerprint density at radius 3 is 1.57 bits per heavy atom. The second-order valence-corrected chi connectivity index (χ2v) is 10.8.